The minimum Gasteiger partial charge on any atom is -0.478 e. The summed E-state index contributed by atoms with van der Waals surface area (Å²) >= 11 is 3.37. The molecule has 0 radical (unpaired) electrons. The minimum absolute atomic E-state index is 0.841. The van der Waals surface area contributed by atoms with Gasteiger partial charge in [0.1, 0.15) is 0 Å². The molecule has 14 heavy (non-hydrogen) atoms. The lowest BCUT2D eigenvalue weighted by Crippen LogP contribution is -1.93. The van der Waals surface area contributed by atoms with Crippen LogP contribution in [0.15, 0.2) is 34.9 Å². The predicted molar refractivity (Wildman–Crippen MR) is 59.3 cm³/mol. The molecule has 0 atom stereocenters. The molecule has 0 unspecified atom stereocenters. The maximum absolute atomic E-state index is 10.2. The van der Waals surface area contributed by atoms with Gasteiger partial charge in [-0.15, -0.1) is 0 Å². The second-order valence-electron chi connectivity index (χ2n) is 2.80. The molecule has 0 saturated carbocycles. The van der Waals surface area contributed by atoms with Crippen molar-refractivity contribution in [2.45, 2.75) is 6.92 Å². The Hall–Kier alpha value is -1.29. The molecule has 0 spiro atoms. The Kier molecular flexibility index (Phi) is 3.71. The summed E-state index contributed by atoms with van der Waals surface area (Å²) in [4.78, 5) is 10.2. The molecule has 0 fully saturated rings. The molecule has 2 N–H and O–H groups in total. The van der Waals surface area contributed by atoms with Crippen LogP contribution in [0.25, 0.3) is 0 Å². The minimum atomic E-state index is -0.972. The molecule has 1 aromatic rings. The largest absolute Gasteiger partial charge is 0.478 e. The Morgan fingerprint density at radius 1 is 1.57 bits per heavy atom. The summed E-state index contributed by atoms with van der Waals surface area (Å²) in [6.45, 7) is 1.99. The maximum Gasteiger partial charge on any atom is 0.329 e. The number of hydrogen-bond acceptors (Lipinski definition) is 2. The number of carboxylic acids is 1. The van der Waals surface area contributed by atoms with Gasteiger partial charge in [0.15, 0.2) is 0 Å². The number of anilines is 1. The van der Waals surface area contributed by atoms with Crippen molar-refractivity contribution < 1.29 is 9.90 Å². The first-order chi connectivity index (χ1) is 6.59. The van der Waals surface area contributed by atoms with E-state index in [4.69, 9.17) is 5.11 Å². The fourth-order valence-corrected chi connectivity index (χ4v) is 1.55. The third-order valence-electron chi connectivity index (χ3n) is 1.59. The van der Waals surface area contributed by atoms with Crippen LogP contribution in [0, 0.1) is 6.92 Å². The summed E-state index contributed by atoms with van der Waals surface area (Å²) in [5.74, 6) is -0.972. The molecule has 0 heterocycles. The van der Waals surface area contributed by atoms with E-state index in [9.17, 15) is 4.79 Å². The fraction of sp³-hybridized carbons (Fsp3) is 0.100. The van der Waals surface area contributed by atoms with Crippen molar-refractivity contribution in [2.24, 2.45) is 0 Å². The highest BCUT2D eigenvalue weighted by Crippen LogP contribution is 2.23. The first-order valence-corrected chi connectivity index (χ1v) is 4.81. The normalized spacial score (nSPS) is 10.4. The number of aryl methyl sites for hydroxylation is 1. The molecule has 74 valence electrons. The second-order valence-corrected chi connectivity index (χ2v) is 3.65. The van der Waals surface area contributed by atoms with Gasteiger partial charge in [-0.25, -0.2) is 4.79 Å². The summed E-state index contributed by atoms with van der Waals surface area (Å²) in [5.41, 5.74) is 1.98. The second kappa shape index (κ2) is 4.81. The van der Waals surface area contributed by atoms with E-state index in [0.717, 1.165) is 21.8 Å². The number of aliphatic carboxylic acids is 1. The van der Waals surface area contributed by atoms with Crippen molar-refractivity contribution in [3.63, 3.8) is 0 Å². The molecular weight excluding hydrogens is 246 g/mol. The van der Waals surface area contributed by atoms with Gasteiger partial charge < -0.3 is 10.4 Å². The van der Waals surface area contributed by atoms with Gasteiger partial charge in [-0.3, -0.25) is 0 Å². The molecule has 0 amide bonds. The summed E-state index contributed by atoms with van der Waals surface area (Å²) in [6, 6.07) is 5.78. The molecule has 0 aliphatic heterocycles. The zero-order chi connectivity index (χ0) is 10.6. The van der Waals surface area contributed by atoms with E-state index in [-0.39, 0.29) is 0 Å². The standard InChI is InChI=1S/C10H10BrNO2/c1-7-2-3-9(8(11)6-7)12-5-4-10(13)14/h2-6,12H,1H3,(H,13,14)/b5-4+. The van der Waals surface area contributed by atoms with Crippen molar-refractivity contribution in [2.75, 3.05) is 5.32 Å². The lowest BCUT2D eigenvalue weighted by molar-refractivity contribution is -0.131. The van der Waals surface area contributed by atoms with E-state index in [2.05, 4.69) is 21.2 Å². The summed E-state index contributed by atoms with van der Waals surface area (Å²) in [5, 5.41) is 11.2. The molecule has 0 aliphatic rings. The highest BCUT2D eigenvalue weighted by Gasteiger charge is 1.96. The summed E-state index contributed by atoms with van der Waals surface area (Å²) in [7, 11) is 0. The van der Waals surface area contributed by atoms with Crippen LogP contribution in [0.4, 0.5) is 5.69 Å². The number of rotatable bonds is 3. The third kappa shape index (κ3) is 3.22. The highest BCUT2D eigenvalue weighted by molar-refractivity contribution is 9.10. The molecule has 1 aromatic carbocycles. The number of carboxylic acid groups (broad SMARTS) is 1. The van der Waals surface area contributed by atoms with Crippen molar-refractivity contribution in [3.8, 4) is 0 Å². The van der Waals surface area contributed by atoms with Gasteiger partial charge in [-0.2, -0.15) is 0 Å². The average molecular weight is 256 g/mol. The molecule has 3 nitrogen and oxygen atoms in total. The zero-order valence-electron chi connectivity index (χ0n) is 7.62. The molecule has 0 aromatic heterocycles. The number of nitrogens with one attached hydrogen (secondary N) is 1. The molecule has 0 aliphatic carbocycles. The SMILES string of the molecule is Cc1ccc(N/C=C/C(=O)O)c(Br)c1. The van der Waals surface area contributed by atoms with E-state index in [1.807, 2.05) is 25.1 Å². The summed E-state index contributed by atoms with van der Waals surface area (Å²) in [6.07, 6.45) is 2.43. The van der Waals surface area contributed by atoms with Crippen LogP contribution in [0.2, 0.25) is 0 Å². The zero-order valence-corrected chi connectivity index (χ0v) is 9.21. The smallest absolute Gasteiger partial charge is 0.329 e. The van der Waals surface area contributed by atoms with Crippen molar-refractivity contribution >= 4 is 27.6 Å². The van der Waals surface area contributed by atoms with Crippen molar-refractivity contribution in [3.05, 3.63) is 40.5 Å². The van der Waals surface area contributed by atoms with Gasteiger partial charge >= 0.3 is 5.97 Å². The van der Waals surface area contributed by atoms with Crippen LogP contribution in [0.3, 0.4) is 0 Å². The number of carbonyl (C=O) groups is 1. The van der Waals surface area contributed by atoms with E-state index >= 15 is 0 Å². The monoisotopic (exact) mass is 255 g/mol. The van der Waals surface area contributed by atoms with Gasteiger partial charge in [0.25, 0.3) is 0 Å². The van der Waals surface area contributed by atoms with Gasteiger partial charge in [0.2, 0.25) is 0 Å². The van der Waals surface area contributed by atoms with Gasteiger partial charge in [0, 0.05) is 16.7 Å². The van der Waals surface area contributed by atoms with E-state index in [1.165, 1.54) is 6.20 Å². The van der Waals surface area contributed by atoms with E-state index < -0.39 is 5.97 Å². The van der Waals surface area contributed by atoms with Gasteiger partial charge in [-0.05, 0) is 40.5 Å². The number of halogens is 1. The topological polar surface area (TPSA) is 49.3 Å². The van der Waals surface area contributed by atoms with Crippen molar-refractivity contribution in [1.82, 2.24) is 0 Å². The van der Waals surface area contributed by atoms with Gasteiger partial charge in [-0.1, -0.05) is 6.07 Å². The van der Waals surface area contributed by atoms with Crippen LogP contribution in [-0.2, 0) is 4.79 Å². The Morgan fingerprint density at radius 2 is 2.29 bits per heavy atom. The molecule has 0 saturated heterocycles. The van der Waals surface area contributed by atoms with Crippen LogP contribution in [-0.4, -0.2) is 11.1 Å². The molecule has 4 heteroatoms. The fourth-order valence-electron chi connectivity index (χ4n) is 0.940. The quantitative estimate of drug-likeness (QED) is 0.817. The Balaban J connectivity index is 2.73. The number of hydrogen-bond donors (Lipinski definition) is 2. The first-order valence-electron chi connectivity index (χ1n) is 4.02. The van der Waals surface area contributed by atoms with E-state index in [1.54, 1.807) is 0 Å². The molecule has 1 rings (SSSR count). The Bertz CT molecular complexity index is 374. The Labute approximate surface area is 90.6 Å². The number of benzene rings is 1. The van der Waals surface area contributed by atoms with Crippen LogP contribution < -0.4 is 5.32 Å². The summed E-state index contributed by atoms with van der Waals surface area (Å²) < 4.78 is 0.910. The lowest BCUT2D eigenvalue weighted by atomic mass is 10.2. The van der Waals surface area contributed by atoms with Crippen LogP contribution in [0.5, 0.6) is 0 Å². The molecular formula is C10H10BrNO2. The average Bonchev–Trinajstić information content (AvgIpc) is 2.08. The first kappa shape index (κ1) is 10.8. The van der Waals surface area contributed by atoms with Gasteiger partial charge in [0.05, 0.1) is 5.69 Å². The highest BCUT2D eigenvalue weighted by atomic mass is 79.9. The van der Waals surface area contributed by atoms with Crippen LogP contribution in [0.1, 0.15) is 5.56 Å². The Morgan fingerprint density at radius 3 is 2.86 bits per heavy atom. The lowest BCUT2D eigenvalue weighted by Gasteiger charge is -2.04. The maximum atomic E-state index is 10.2. The third-order valence-corrected chi connectivity index (χ3v) is 2.25. The van der Waals surface area contributed by atoms with E-state index in [0.29, 0.717) is 0 Å². The van der Waals surface area contributed by atoms with Crippen LogP contribution >= 0.6 is 15.9 Å². The predicted octanol–water partition coefficient (Wildman–Crippen LogP) is 2.77. The van der Waals surface area contributed by atoms with Crippen molar-refractivity contribution in [1.29, 1.82) is 0 Å². The molecule has 0 bridgehead atoms.